The molecule has 0 aromatic heterocycles. The van der Waals surface area contributed by atoms with Crippen molar-refractivity contribution in [2.45, 2.75) is 0 Å². The van der Waals surface area contributed by atoms with Crippen molar-refractivity contribution in [3.05, 3.63) is 46.4 Å². The number of benzene rings is 2. The molecule has 6 heteroatoms. The molecule has 0 saturated carbocycles. The zero-order valence-electron chi connectivity index (χ0n) is 9.01. The molecule has 4 nitrogen and oxygen atoms in total. The van der Waals surface area contributed by atoms with Crippen LogP contribution in [0.2, 0.25) is 10.0 Å². The largest absolute Gasteiger partial charge is 0.508 e. The van der Waals surface area contributed by atoms with Crippen LogP contribution in [0.15, 0.2) is 36.4 Å². The summed E-state index contributed by atoms with van der Waals surface area (Å²) in [5.74, 6) is -0.256. The lowest BCUT2D eigenvalue weighted by atomic mass is 10.3. The molecule has 0 aliphatic rings. The second-order valence-electron chi connectivity index (χ2n) is 3.28. The van der Waals surface area contributed by atoms with Crippen molar-refractivity contribution >= 4 is 23.2 Å². The molecular formula is C12H10Cl2O4. The van der Waals surface area contributed by atoms with Gasteiger partial charge in [-0.2, -0.15) is 0 Å². The lowest BCUT2D eigenvalue weighted by molar-refractivity contribution is 0.450. The van der Waals surface area contributed by atoms with Crippen molar-refractivity contribution < 1.29 is 20.4 Å². The first-order valence-electron chi connectivity index (χ1n) is 4.75. The highest BCUT2D eigenvalue weighted by Gasteiger charge is 2.00. The highest BCUT2D eigenvalue weighted by molar-refractivity contribution is 6.33. The Kier molecular flexibility index (Phi) is 4.95. The summed E-state index contributed by atoms with van der Waals surface area (Å²) in [7, 11) is 0. The van der Waals surface area contributed by atoms with Crippen molar-refractivity contribution in [3.63, 3.8) is 0 Å². The predicted octanol–water partition coefficient (Wildman–Crippen LogP) is 3.50. The number of rotatable bonds is 0. The van der Waals surface area contributed by atoms with Gasteiger partial charge in [-0.25, -0.2) is 0 Å². The first kappa shape index (κ1) is 14.3. The van der Waals surface area contributed by atoms with Gasteiger partial charge in [0, 0.05) is 11.1 Å². The summed E-state index contributed by atoms with van der Waals surface area (Å²) in [5.41, 5.74) is 0. The molecule has 0 aliphatic carbocycles. The fourth-order valence-electron chi connectivity index (χ4n) is 1.07. The van der Waals surface area contributed by atoms with Gasteiger partial charge in [0.15, 0.2) is 0 Å². The number of phenolic OH excluding ortho intramolecular Hbond substituents is 4. The lowest BCUT2D eigenvalue weighted by Crippen LogP contribution is -1.67. The van der Waals surface area contributed by atoms with Crippen molar-refractivity contribution in [1.82, 2.24) is 0 Å². The Morgan fingerprint density at radius 2 is 1.17 bits per heavy atom. The molecule has 4 N–H and O–H groups in total. The van der Waals surface area contributed by atoms with Crippen LogP contribution in [0, 0.1) is 0 Å². The molecule has 0 saturated heterocycles. The summed E-state index contributed by atoms with van der Waals surface area (Å²) < 4.78 is 0. The predicted molar refractivity (Wildman–Crippen MR) is 69.6 cm³/mol. The molecule has 18 heavy (non-hydrogen) atoms. The van der Waals surface area contributed by atoms with Gasteiger partial charge in [-0.1, -0.05) is 29.3 Å². The van der Waals surface area contributed by atoms with Crippen LogP contribution in [-0.2, 0) is 0 Å². The minimum absolute atomic E-state index is 0.00231. The van der Waals surface area contributed by atoms with Gasteiger partial charge < -0.3 is 20.4 Å². The zero-order valence-corrected chi connectivity index (χ0v) is 10.5. The first-order valence-corrected chi connectivity index (χ1v) is 5.50. The van der Waals surface area contributed by atoms with Crippen LogP contribution >= 0.6 is 23.2 Å². The summed E-state index contributed by atoms with van der Waals surface area (Å²) in [6, 6.07) is 8.23. The third-order valence-electron chi connectivity index (χ3n) is 1.83. The molecule has 0 aliphatic heterocycles. The van der Waals surface area contributed by atoms with E-state index in [-0.39, 0.29) is 28.0 Å². The van der Waals surface area contributed by atoms with Crippen LogP contribution in [0.1, 0.15) is 0 Å². The molecule has 0 bridgehead atoms. The Hall–Kier alpha value is -1.78. The number of aromatic hydroxyl groups is 4. The average Bonchev–Trinajstić information content (AvgIpc) is 2.24. The minimum atomic E-state index is -0.100. The molecular weight excluding hydrogens is 279 g/mol. The van der Waals surface area contributed by atoms with Gasteiger partial charge in [-0.05, 0) is 24.3 Å². The molecule has 0 atom stereocenters. The number of hydrogen-bond acceptors (Lipinski definition) is 4. The zero-order chi connectivity index (χ0) is 13.7. The van der Waals surface area contributed by atoms with E-state index in [9.17, 15) is 0 Å². The number of phenols is 4. The highest BCUT2D eigenvalue weighted by atomic mass is 35.5. The van der Waals surface area contributed by atoms with Gasteiger partial charge in [-0.15, -0.1) is 0 Å². The third kappa shape index (κ3) is 4.24. The minimum Gasteiger partial charge on any atom is -0.508 e. The Labute approximate surface area is 113 Å². The molecule has 96 valence electrons. The first-order chi connectivity index (χ1) is 8.40. The summed E-state index contributed by atoms with van der Waals surface area (Å²) in [6.45, 7) is 0. The maximum Gasteiger partial charge on any atom is 0.137 e. The Balaban J connectivity index is 0.000000180. The molecule has 0 fully saturated rings. The van der Waals surface area contributed by atoms with Crippen molar-refractivity contribution in [2.75, 3.05) is 0 Å². The monoisotopic (exact) mass is 288 g/mol. The van der Waals surface area contributed by atoms with Crippen molar-refractivity contribution in [1.29, 1.82) is 0 Å². The summed E-state index contributed by atoms with van der Waals surface area (Å²) in [5, 5.41) is 35.4. The average molecular weight is 289 g/mol. The second kappa shape index (κ2) is 6.23. The molecule has 0 radical (unpaired) electrons. The van der Waals surface area contributed by atoms with Gasteiger partial charge in [-0.3, -0.25) is 0 Å². The molecule has 0 heterocycles. The van der Waals surface area contributed by atoms with E-state index in [4.69, 9.17) is 43.6 Å². The van der Waals surface area contributed by atoms with E-state index in [1.54, 1.807) is 0 Å². The third-order valence-corrected chi connectivity index (χ3v) is 2.43. The SMILES string of the molecule is Oc1cc(O)cc(Cl)c1.Oc1cccc(O)c1Cl. The van der Waals surface area contributed by atoms with Crippen LogP contribution in [0.4, 0.5) is 0 Å². The molecule has 0 amide bonds. The fraction of sp³-hybridized carbons (Fsp3) is 0. The topological polar surface area (TPSA) is 80.9 Å². The van der Waals surface area contributed by atoms with Crippen molar-refractivity contribution in [3.8, 4) is 23.0 Å². The van der Waals surface area contributed by atoms with E-state index in [1.165, 1.54) is 36.4 Å². The van der Waals surface area contributed by atoms with Gasteiger partial charge in [0.1, 0.15) is 28.0 Å². The fourth-order valence-corrected chi connectivity index (χ4v) is 1.42. The van der Waals surface area contributed by atoms with Crippen LogP contribution in [0.5, 0.6) is 23.0 Å². The smallest absolute Gasteiger partial charge is 0.137 e. The van der Waals surface area contributed by atoms with E-state index < -0.39 is 0 Å². The van der Waals surface area contributed by atoms with E-state index in [0.29, 0.717) is 5.02 Å². The molecule has 0 unspecified atom stereocenters. The van der Waals surface area contributed by atoms with Crippen molar-refractivity contribution in [2.24, 2.45) is 0 Å². The summed E-state index contributed by atoms with van der Waals surface area (Å²) >= 11 is 10.8. The van der Waals surface area contributed by atoms with Gasteiger partial charge in [0.05, 0.1) is 0 Å². The number of halogens is 2. The Morgan fingerprint density at radius 1 is 0.722 bits per heavy atom. The normalized spacial score (nSPS) is 9.44. The number of hydrogen-bond donors (Lipinski definition) is 4. The lowest BCUT2D eigenvalue weighted by Gasteiger charge is -1.95. The Bertz CT molecular complexity index is 473. The maximum atomic E-state index is 8.81. The standard InChI is InChI=1S/2C6H5ClO2/c7-4-1-5(8)3-6(9)2-4;7-6-4(8)2-1-3-5(6)9/h2*1-3,8-9H. The van der Waals surface area contributed by atoms with Crippen LogP contribution < -0.4 is 0 Å². The second-order valence-corrected chi connectivity index (χ2v) is 4.09. The molecule has 2 rings (SSSR count). The quantitative estimate of drug-likeness (QED) is 0.598. The molecule has 2 aromatic carbocycles. The Morgan fingerprint density at radius 3 is 1.50 bits per heavy atom. The van der Waals surface area contributed by atoms with Gasteiger partial charge in [0.2, 0.25) is 0 Å². The summed E-state index contributed by atoms with van der Waals surface area (Å²) in [4.78, 5) is 0. The van der Waals surface area contributed by atoms with E-state index >= 15 is 0 Å². The highest BCUT2D eigenvalue weighted by Crippen LogP contribution is 2.30. The van der Waals surface area contributed by atoms with Gasteiger partial charge in [0.25, 0.3) is 0 Å². The van der Waals surface area contributed by atoms with E-state index in [2.05, 4.69) is 0 Å². The van der Waals surface area contributed by atoms with E-state index in [0.717, 1.165) is 0 Å². The summed E-state index contributed by atoms with van der Waals surface area (Å²) in [6.07, 6.45) is 0. The van der Waals surface area contributed by atoms with Crippen LogP contribution in [0.25, 0.3) is 0 Å². The van der Waals surface area contributed by atoms with Gasteiger partial charge >= 0.3 is 0 Å². The van der Waals surface area contributed by atoms with E-state index in [1.807, 2.05) is 0 Å². The maximum absolute atomic E-state index is 8.81. The van der Waals surface area contributed by atoms with Crippen LogP contribution in [-0.4, -0.2) is 20.4 Å². The molecule has 2 aromatic rings. The molecule has 0 spiro atoms. The van der Waals surface area contributed by atoms with Crippen LogP contribution in [0.3, 0.4) is 0 Å².